The number of hydrogen-bond donors (Lipinski definition) is 3. The maximum absolute atomic E-state index is 14.8. The van der Waals surface area contributed by atoms with Gasteiger partial charge in [0.1, 0.15) is 0 Å². The smallest absolute Gasteiger partial charge is 0.246 e. The van der Waals surface area contributed by atoms with Gasteiger partial charge in [-0.2, -0.15) is 0 Å². The number of halogens is 1. The predicted octanol–water partition coefficient (Wildman–Crippen LogP) is 2.11. The number of nitrogens with one attached hydrogen (secondary N) is 1. The Kier molecular flexibility index (Phi) is 4.99. The van der Waals surface area contributed by atoms with Crippen LogP contribution in [0, 0.1) is 0 Å². The first-order valence-corrected chi connectivity index (χ1v) is 7.02. The second-order valence-corrected chi connectivity index (χ2v) is 6.03. The van der Waals surface area contributed by atoms with E-state index in [-0.39, 0.29) is 0 Å². The highest BCUT2D eigenvalue weighted by molar-refractivity contribution is 5.92. The van der Waals surface area contributed by atoms with Crippen LogP contribution in [0.5, 0.6) is 0 Å². The Bertz CT molecular complexity index is 504. The summed E-state index contributed by atoms with van der Waals surface area (Å²) in [6, 6.07) is -0.593. The highest BCUT2D eigenvalue weighted by Crippen LogP contribution is 2.42. The second-order valence-electron chi connectivity index (χ2n) is 6.03. The normalized spacial score (nSPS) is 34.4. The van der Waals surface area contributed by atoms with E-state index in [1.807, 2.05) is 0 Å². The summed E-state index contributed by atoms with van der Waals surface area (Å²) in [5, 5.41) is 13.2. The number of alkyl halides is 1. The lowest BCUT2D eigenvalue weighted by Gasteiger charge is -2.34. The van der Waals surface area contributed by atoms with Gasteiger partial charge in [0, 0.05) is 11.3 Å². The standard InChI is InChI=1S/C16H25FN2O2/c1-6-7-10(2)13(11(3)14(18)20)19-12-8-9-15(4,21)16(12,5)17/h6-7,12,19,21H,1,8-9H2,2-5H3,(H2,18,20)/b10-7+,13-11-/t12-,15-,16-/m1/s1. The SMILES string of the molecule is C=C/C=C(C)/C(N[C@@H]1CC[C@@](C)(O)[C@]1(C)F)=C(\C)C(N)=O. The monoisotopic (exact) mass is 296 g/mol. The van der Waals surface area contributed by atoms with Gasteiger partial charge in [-0.3, -0.25) is 4.79 Å². The molecular formula is C16H25FN2O2. The van der Waals surface area contributed by atoms with Crippen LogP contribution in [0.3, 0.4) is 0 Å². The Hall–Kier alpha value is -1.62. The number of hydrogen-bond acceptors (Lipinski definition) is 3. The van der Waals surface area contributed by atoms with Gasteiger partial charge < -0.3 is 16.2 Å². The highest BCUT2D eigenvalue weighted by atomic mass is 19.1. The molecule has 4 N–H and O–H groups in total. The van der Waals surface area contributed by atoms with Crippen LogP contribution < -0.4 is 11.1 Å². The van der Waals surface area contributed by atoms with E-state index in [9.17, 15) is 14.3 Å². The minimum absolute atomic E-state index is 0.327. The Balaban J connectivity index is 3.16. The summed E-state index contributed by atoms with van der Waals surface area (Å²) in [6.45, 7) is 9.86. The van der Waals surface area contributed by atoms with Crippen LogP contribution in [0.1, 0.15) is 40.5 Å². The van der Waals surface area contributed by atoms with Crippen LogP contribution >= 0.6 is 0 Å². The molecule has 4 nitrogen and oxygen atoms in total. The summed E-state index contributed by atoms with van der Waals surface area (Å²) in [6.07, 6.45) is 4.13. The van der Waals surface area contributed by atoms with Crippen molar-refractivity contribution < 1.29 is 14.3 Å². The number of carbonyl (C=O) groups excluding carboxylic acids is 1. The van der Waals surface area contributed by atoms with Gasteiger partial charge in [0.05, 0.1) is 11.6 Å². The Labute approximate surface area is 125 Å². The fraction of sp³-hybridized carbons (Fsp3) is 0.562. The molecule has 3 atom stereocenters. The largest absolute Gasteiger partial charge is 0.387 e. The zero-order valence-corrected chi connectivity index (χ0v) is 13.2. The number of nitrogens with two attached hydrogens (primary N) is 1. The molecule has 21 heavy (non-hydrogen) atoms. The molecule has 1 amide bonds. The van der Waals surface area contributed by atoms with Crippen LogP contribution in [-0.4, -0.2) is 28.3 Å². The fourth-order valence-corrected chi connectivity index (χ4v) is 2.60. The summed E-state index contributed by atoms with van der Waals surface area (Å²) in [7, 11) is 0. The first kappa shape index (κ1) is 17.4. The van der Waals surface area contributed by atoms with E-state index in [2.05, 4.69) is 11.9 Å². The van der Waals surface area contributed by atoms with Crippen molar-refractivity contribution in [3.8, 4) is 0 Å². The van der Waals surface area contributed by atoms with Gasteiger partial charge >= 0.3 is 0 Å². The Morgan fingerprint density at radius 1 is 1.48 bits per heavy atom. The molecule has 1 rings (SSSR count). The van der Waals surface area contributed by atoms with Crippen molar-refractivity contribution in [3.05, 3.63) is 35.6 Å². The second kappa shape index (κ2) is 6.02. The lowest BCUT2D eigenvalue weighted by atomic mass is 9.89. The minimum atomic E-state index is -1.80. The predicted molar refractivity (Wildman–Crippen MR) is 82.1 cm³/mol. The molecule has 0 bridgehead atoms. The van der Waals surface area contributed by atoms with Gasteiger partial charge in [-0.05, 0) is 46.1 Å². The third-order valence-corrected chi connectivity index (χ3v) is 4.45. The summed E-state index contributed by atoms with van der Waals surface area (Å²) < 4.78 is 14.8. The van der Waals surface area contributed by atoms with E-state index >= 15 is 0 Å². The van der Waals surface area contributed by atoms with E-state index in [1.54, 1.807) is 26.0 Å². The Morgan fingerprint density at radius 3 is 2.43 bits per heavy atom. The van der Waals surface area contributed by atoms with Crippen molar-refractivity contribution in [1.29, 1.82) is 0 Å². The van der Waals surface area contributed by atoms with E-state index in [0.717, 1.165) is 5.57 Å². The lowest BCUT2D eigenvalue weighted by molar-refractivity contribution is -0.114. The molecule has 118 valence electrons. The molecule has 0 spiro atoms. The van der Waals surface area contributed by atoms with Crippen molar-refractivity contribution in [2.45, 2.75) is 57.8 Å². The third kappa shape index (κ3) is 3.35. The molecule has 1 fully saturated rings. The molecule has 0 aromatic rings. The van der Waals surface area contributed by atoms with Gasteiger partial charge in [0.25, 0.3) is 0 Å². The number of primary amides is 1. The van der Waals surface area contributed by atoms with Gasteiger partial charge in [-0.25, -0.2) is 4.39 Å². The summed E-state index contributed by atoms with van der Waals surface area (Å²) in [4.78, 5) is 11.4. The van der Waals surface area contributed by atoms with E-state index in [0.29, 0.717) is 24.1 Å². The molecule has 0 radical (unpaired) electrons. The highest BCUT2D eigenvalue weighted by Gasteiger charge is 2.55. The van der Waals surface area contributed by atoms with Gasteiger partial charge in [-0.15, -0.1) is 0 Å². The number of carbonyl (C=O) groups is 1. The van der Waals surface area contributed by atoms with Crippen molar-refractivity contribution in [3.63, 3.8) is 0 Å². The van der Waals surface area contributed by atoms with Crippen LogP contribution in [0.4, 0.5) is 4.39 Å². The molecule has 0 aromatic heterocycles. The average Bonchev–Trinajstić information content (AvgIpc) is 2.56. The third-order valence-electron chi connectivity index (χ3n) is 4.45. The molecule has 0 aromatic carbocycles. The summed E-state index contributed by atoms with van der Waals surface area (Å²) >= 11 is 0. The molecule has 0 aliphatic heterocycles. The molecule has 0 saturated heterocycles. The van der Waals surface area contributed by atoms with E-state index < -0.39 is 23.2 Å². The van der Waals surface area contributed by atoms with Crippen LogP contribution in [0.25, 0.3) is 0 Å². The number of amides is 1. The molecule has 0 heterocycles. The topological polar surface area (TPSA) is 75.3 Å². The van der Waals surface area contributed by atoms with Gasteiger partial charge in [0.2, 0.25) is 5.91 Å². The van der Waals surface area contributed by atoms with Crippen molar-refractivity contribution in [2.24, 2.45) is 5.73 Å². The average molecular weight is 296 g/mol. The summed E-state index contributed by atoms with van der Waals surface area (Å²) in [5.41, 5.74) is 3.70. The summed E-state index contributed by atoms with van der Waals surface area (Å²) in [5.74, 6) is -0.570. The molecular weight excluding hydrogens is 271 g/mol. The van der Waals surface area contributed by atoms with Gasteiger partial charge in [0.15, 0.2) is 5.67 Å². The quantitative estimate of drug-likeness (QED) is 0.537. The number of allylic oxidation sites excluding steroid dienone is 3. The maximum atomic E-state index is 14.8. The lowest BCUT2D eigenvalue weighted by Crippen LogP contribution is -2.52. The molecule has 1 aliphatic rings. The zero-order chi connectivity index (χ0) is 16.4. The van der Waals surface area contributed by atoms with Crippen molar-refractivity contribution in [2.75, 3.05) is 0 Å². The van der Waals surface area contributed by atoms with E-state index in [4.69, 9.17) is 5.73 Å². The van der Waals surface area contributed by atoms with Gasteiger partial charge in [-0.1, -0.05) is 18.7 Å². The van der Waals surface area contributed by atoms with Crippen molar-refractivity contribution >= 4 is 5.91 Å². The van der Waals surface area contributed by atoms with Crippen LogP contribution in [0.15, 0.2) is 35.6 Å². The first-order chi connectivity index (χ1) is 9.54. The van der Waals surface area contributed by atoms with E-state index in [1.165, 1.54) is 13.8 Å². The molecule has 1 aliphatic carbocycles. The number of rotatable bonds is 5. The fourth-order valence-electron chi connectivity index (χ4n) is 2.60. The molecule has 1 saturated carbocycles. The molecule has 0 unspecified atom stereocenters. The maximum Gasteiger partial charge on any atom is 0.246 e. The van der Waals surface area contributed by atoms with Crippen LogP contribution in [0.2, 0.25) is 0 Å². The Morgan fingerprint density at radius 2 is 2.05 bits per heavy atom. The number of aliphatic hydroxyl groups is 1. The minimum Gasteiger partial charge on any atom is -0.387 e. The van der Waals surface area contributed by atoms with Crippen LogP contribution in [-0.2, 0) is 4.79 Å². The zero-order valence-electron chi connectivity index (χ0n) is 13.2. The first-order valence-electron chi connectivity index (χ1n) is 7.02. The molecule has 5 heteroatoms. The van der Waals surface area contributed by atoms with Crippen molar-refractivity contribution in [1.82, 2.24) is 5.32 Å².